The Balaban J connectivity index is 4.22. The molecular formula is C10H20BO-. The maximum Gasteiger partial charge on any atom is 0.103 e. The summed E-state index contributed by atoms with van der Waals surface area (Å²) in [5.74, 6) is 6.46. The van der Waals surface area contributed by atoms with Gasteiger partial charge < -0.3 is 10.6 Å². The Morgan fingerprint density at radius 2 is 1.58 bits per heavy atom. The van der Waals surface area contributed by atoms with E-state index in [0.29, 0.717) is 6.61 Å². The van der Waals surface area contributed by atoms with Crippen LogP contribution in [0.4, 0.5) is 0 Å². The molecule has 0 saturated carbocycles. The second-order valence-electron chi connectivity index (χ2n) is 3.46. The second kappa shape index (κ2) is 6.14. The number of rotatable bonds is 4. The molecule has 0 saturated heterocycles. The zero-order valence-electron chi connectivity index (χ0n) is 8.81. The fourth-order valence-electron chi connectivity index (χ4n) is 1.50. The van der Waals surface area contributed by atoms with E-state index in [2.05, 4.69) is 32.5 Å². The van der Waals surface area contributed by atoms with Crippen LogP contribution in [0.1, 0.15) is 20.8 Å². The second-order valence-corrected chi connectivity index (χ2v) is 3.46. The van der Waals surface area contributed by atoms with E-state index in [0.717, 1.165) is 0 Å². The maximum absolute atomic E-state index is 4.91. The van der Waals surface area contributed by atoms with Crippen LogP contribution in [-0.2, 0) is 4.74 Å². The van der Waals surface area contributed by atoms with Gasteiger partial charge in [-0.2, -0.15) is 19.0 Å². The quantitative estimate of drug-likeness (QED) is 0.462. The van der Waals surface area contributed by atoms with E-state index >= 15 is 0 Å². The lowest BCUT2D eigenvalue weighted by molar-refractivity contribution is 0.240. The number of methoxy groups -OCH3 is 1. The molecule has 70 valence electrons. The lowest BCUT2D eigenvalue weighted by Gasteiger charge is -2.29. The molecule has 0 fully saturated rings. The van der Waals surface area contributed by atoms with Crippen molar-refractivity contribution < 1.29 is 4.74 Å². The van der Waals surface area contributed by atoms with Crippen LogP contribution in [0.5, 0.6) is 0 Å². The van der Waals surface area contributed by atoms with E-state index in [1.165, 1.54) is 19.0 Å². The standard InChI is InChI=1S/C10H20BO/c1-5-11(6-2,7-3)9-8-10-12-4/h5-7,10H2,1-4H3/q-1. The van der Waals surface area contributed by atoms with E-state index in [4.69, 9.17) is 4.74 Å². The molecule has 0 aromatic carbocycles. The van der Waals surface area contributed by atoms with Gasteiger partial charge in [-0.25, -0.2) is 0 Å². The van der Waals surface area contributed by atoms with Crippen molar-refractivity contribution in [3.63, 3.8) is 0 Å². The molecule has 0 N–H and O–H groups in total. The summed E-state index contributed by atoms with van der Waals surface area (Å²) in [5, 5.41) is 0. The van der Waals surface area contributed by atoms with Crippen LogP contribution in [0, 0.1) is 11.7 Å². The van der Waals surface area contributed by atoms with Gasteiger partial charge in [0.05, 0.1) is 6.15 Å². The van der Waals surface area contributed by atoms with Gasteiger partial charge in [0.25, 0.3) is 0 Å². The summed E-state index contributed by atoms with van der Waals surface area (Å²) in [6.45, 7) is 7.26. The van der Waals surface area contributed by atoms with Crippen molar-refractivity contribution in [2.24, 2.45) is 0 Å². The summed E-state index contributed by atoms with van der Waals surface area (Å²) in [4.78, 5) is 0. The highest BCUT2D eigenvalue weighted by atomic mass is 16.5. The van der Waals surface area contributed by atoms with E-state index in [1.54, 1.807) is 7.11 Å². The Morgan fingerprint density at radius 3 is 1.92 bits per heavy atom. The van der Waals surface area contributed by atoms with Gasteiger partial charge in [-0.1, -0.05) is 20.8 Å². The van der Waals surface area contributed by atoms with Gasteiger partial charge in [-0.15, -0.1) is 5.92 Å². The Kier molecular flexibility index (Phi) is 5.93. The fourth-order valence-corrected chi connectivity index (χ4v) is 1.50. The molecule has 0 atom stereocenters. The predicted octanol–water partition coefficient (Wildman–Crippen LogP) is 2.68. The van der Waals surface area contributed by atoms with Crippen molar-refractivity contribution in [2.45, 2.75) is 39.7 Å². The van der Waals surface area contributed by atoms with Crippen LogP contribution in [0.15, 0.2) is 0 Å². The zero-order chi connectivity index (χ0) is 9.45. The van der Waals surface area contributed by atoms with Crippen LogP contribution >= 0.6 is 0 Å². The molecule has 0 bridgehead atoms. The SMILES string of the molecule is CC[B-](C#CCOC)(CC)CC. The molecule has 0 spiro atoms. The topological polar surface area (TPSA) is 9.23 Å². The predicted molar refractivity (Wildman–Crippen MR) is 56.8 cm³/mol. The van der Waals surface area contributed by atoms with Crippen molar-refractivity contribution >= 4 is 6.15 Å². The summed E-state index contributed by atoms with van der Waals surface area (Å²) in [6.07, 6.45) is 3.19. The molecule has 0 heterocycles. The monoisotopic (exact) mass is 167 g/mol. The van der Waals surface area contributed by atoms with Crippen molar-refractivity contribution in [1.82, 2.24) is 0 Å². The van der Waals surface area contributed by atoms with Crippen LogP contribution in [-0.4, -0.2) is 19.9 Å². The van der Waals surface area contributed by atoms with Crippen molar-refractivity contribution in [1.29, 1.82) is 0 Å². The Labute approximate surface area is 76.8 Å². The smallest absolute Gasteiger partial charge is 0.103 e. The number of ether oxygens (including phenoxy) is 1. The summed E-state index contributed by atoms with van der Waals surface area (Å²) in [5.41, 5.74) is 0. The Bertz CT molecular complexity index is 154. The van der Waals surface area contributed by atoms with E-state index < -0.39 is 6.15 Å². The van der Waals surface area contributed by atoms with Gasteiger partial charge in [0, 0.05) is 7.11 Å². The van der Waals surface area contributed by atoms with Crippen LogP contribution in [0.2, 0.25) is 19.0 Å². The van der Waals surface area contributed by atoms with Gasteiger partial charge in [0.2, 0.25) is 0 Å². The fraction of sp³-hybridized carbons (Fsp3) is 0.800. The zero-order valence-corrected chi connectivity index (χ0v) is 8.81. The van der Waals surface area contributed by atoms with Crippen molar-refractivity contribution in [3.8, 4) is 11.7 Å². The molecule has 12 heavy (non-hydrogen) atoms. The first kappa shape index (κ1) is 11.6. The molecule has 0 amide bonds. The molecule has 0 aliphatic heterocycles. The minimum atomic E-state index is -0.409. The lowest BCUT2D eigenvalue weighted by Crippen LogP contribution is -2.29. The van der Waals surface area contributed by atoms with Crippen molar-refractivity contribution in [3.05, 3.63) is 0 Å². The minimum Gasteiger partial charge on any atom is -0.372 e. The van der Waals surface area contributed by atoms with Gasteiger partial charge in [-0.05, 0) is 0 Å². The first-order valence-electron chi connectivity index (χ1n) is 4.94. The molecule has 1 nitrogen and oxygen atoms in total. The summed E-state index contributed by atoms with van der Waals surface area (Å²) in [7, 11) is 1.69. The highest BCUT2D eigenvalue weighted by molar-refractivity contribution is 6.87. The van der Waals surface area contributed by atoms with Crippen LogP contribution < -0.4 is 0 Å². The van der Waals surface area contributed by atoms with Crippen molar-refractivity contribution in [2.75, 3.05) is 13.7 Å². The minimum absolute atomic E-state index is 0.409. The molecular weight excluding hydrogens is 147 g/mol. The van der Waals surface area contributed by atoms with E-state index in [9.17, 15) is 0 Å². The number of hydrogen-bond acceptors (Lipinski definition) is 1. The first-order valence-corrected chi connectivity index (χ1v) is 4.94. The Hall–Kier alpha value is -0.415. The molecule has 0 unspecified atom stereocenters. The summed E-state index contributed by atoms with van der Waals surface area (Å²) in [6, 6.07) is 0. The summed E-state index contributed by atoms with van der Waals surface area (Å²) < 4.78 is 4.91. The van der Waals surface area contributed by atoms with Gasteiger partial charge in [0.15, 0.2) is 0 Å². The first-order chi connectivity index (χ1) is 5.74. The highest BCUT2D eigenvalue weighted by Gasteiger charge is 2.14. The highest BCUT2D eigenvalue weighted by Crippen LogP contribution is 2.18. The third-order valence-corrected chi connectivity index (χ3v) is 2.97. The van der Waals surface area contributed by atoms with E-state index in [-0.39, 0.29) is 0 Å². The molecule has 0 radical (unpaired) electrons. The average Bonchev–Trinajstić information content (AvgIpc) is 2.14. The molecule has 0 aliphatic carbocycles. The van der Waals surface area contributed by atoms with Crippen LogP contribution in [0.25, 0.3) is 0 Å². The molecule has 2 heteroatoms. The van der Waals surface area contributed by atoms with Gasteiger partial charge >= 0.3 is 0 Å². The number of hydrogen-bond donors (Lipinski definition) is 0. The average molecular weight is 167 g/mol. The summed E-state index contributed by atoms with van der Waals surface area (Å²) >= 11 is 0. The normalized spacial score (nSPS) is 10.7. The van der Waals surface area contributed by atoms with Gasteiger partial charge in [0.1, 0.15) is 6.61 Å². The lowest BCUT2D eigenvalue weighted by atomic mass is 9.21. The molecule has 0 aromatic rings. The Morgan fingerprint density at radius 1 is 1.08 bits per heavy atom. The molecule has 0 aromatic heterocycles. The third kappa shape index (κ3) is 3.32. The maximum atomic E-state index is 4.91. The molecule has 0 aliphatic rings. The van der Waals surface area contributed by atoms with Crippen LogP contribution in [0.3, 0.4) is 0 Å². The van der Waals surface area contributed by atoms with Gasteiger partial charge in [-0.3, -0.25) is 0 Å². The molecule has 0 rings (SSSR count). The van der Waals surface area contributed by atoms with E-state index in [1.807, 2.05) is 0 Å². The third-order valence-electron chi connectivity index (χ3n) is 2.97. The largest absolute Gasteiger partial charge is 0.372 e.